The Hall–Kier alpha value is -1.62. The van der Waals surface area contributed by atoms with E-state index in [2.05, 4.69) is 17.2 Å². The van der Waals surface area contributed by atoms with E-state index in [1.807, 2.05) is 19.9 Å². The van der Waals surface area contributed by atoms with Crippen molar-refractivity contribution in [2.45, 2.75) is 39.2 Å². The highest BCUT2D eigenvalue weighted by molar-refractivity contribution is 5.95. The Kier molecular flexibility index (Phi) is 5.51. The molecule has 1 rings (SSSR count). The average molecular weight is 279 g/mol. The van der Waals surface area contributed by atoms with Crippen molar-refractivity contribution in [1.82, 2.24) is 9.88 Å². The zero-order chi connectivity index (χ0) is 15.3. The Bertz CT molecular complexity index is 472. The van der Waals surface area contributed by atoms with Gasteiger partial charge in [-0.2, -0.15) is 0 Å². The summed E-state index contributed by atoms with van der Waals surface area (Å²) >= 11 is 0. The first kappa shape index (κ1) is 16.4. The number of carbonyl (C=O) groups is 1. The minimum atomic E-state index is -0.592. The molecule has 0 unspecified atom stereocenters. The van der Waals surface area contributed by atoms with Crippen LogP contribution >= 0.6 is 0 Å². The van der Waals surface area contributed by atoms with E-state index in [1.165, 1.54) is 0 Å². The van der Waals surface area contributed by atoms with Crippen LogP contribution in [-0.4, -0.2) is 47.1 Å². The highest BCUT2D eigenvalue weighted by Gasteiger charge is 2.28. The third-order valence-corrected chi connectivity index (χ3v) is 3.49. The van der Waals surface area contributed by atoms with Crippen LogP contribution in [0.2, 0.25) is 0 Å². The van der Waals surface area contributed by atoms with E-state index >= 15 is 0 Å². The second kappa shape index (κ2) is 6.70. The second-order valence-corrected chi connectivity index (χ2v) is 5.57. The fourth-order valence-corrected chi connectivity index (χ4v) is 1.80. The fraction of sp³-hybridized carbons (Fsp3) is 0.600. The number of likely N-dealkylation sites (N-methyl/N-ethyl adjacent to an activating group) is 1. The van der Waals surface area contributed by atoms with Gasteiger partial charge >= 0.3 is 0 Å². The van der Waals surface area contributed by atoms with Crippen LogP contribution in [0.4, 0.5) is 5.82 Å². The van der Waals surface area contributed by atoms with Gasteiger partial charge in [0.25, 0.3) is 5.91 Å². The highest BCUT2D eigenvalue weighted by Crippen LogP contribution is 2.18. The molecule has 5 heteroatoms. The lowest BCUT2D eigenvalue weighted by Crippen LogP contribution is -2.47. The largest absolute Gasteiger partial charge is 0.394 e. The number of aliphatic hydroxyl groups is 1. The van der Waals surface area contributed by atoms with Crippen LogP contribution < -0.4 is 5.32 Å². The summed E-state index contributed by atoms with van der Waals surface area (Å²) in [5.41, 5.74) is 0.903. The lowest BCUT2D eigenvalue weighted by atomic mass is 10.0. The molecule has 20 heavy (non-hydrogen) atoms. The molecule has 1 aromatic heterocycles. The minimum Gasteiger partial charge on any atom is -0.394 e. The molecule has 1 heterocycles. The van der Waals surface area contributed by atoms with E-state index in [0.29, 0.717) is 11.4 Å². The van der Waals surface area contributed by atoms with E-state index in [-0.39, 0.29) is 12.5 Å². The van der Waals surface area contributed by atoms with Gasteiger partial charge in [0, 0.05) is 25.4 Å². The third-order valence-electron chi connectivity index (χ3n) is 3.49. The number of carbonyl (C=O) groups excluding carboxylic acids is 1. The Morgan fingerprint density at radius 3 is 2.60 bits per heavy atom. The molecular weight excluding hydrogens is 254 g/mol. The molecule has 0 fully saturated rings. The molecule has 0 radical (unpaired) electrons. The maximum Gasteiger partial charge on any atom is 0.254 e. The Morgan fingerprint density at radius 2 is 2.10 bits per heavy atom. The van der Waals surface area contributed by atoms with Gasteiger partial charge in [0.05, 0.1) is 12.1 Å². The van der Waals surface area contributed by atoms with Crippen molar-refractivity contribution in [2.24, 2.45) is 0 Å². The van der Waals surface area contributed by atoms with Gasteiger partial charge in [-0.25, -0.2) is 4.98 Å². The number of aliphatic hydroxyl groups excluding tert-OH is 1. The van der Waals surface area contributed by atoms with Gasteiger partial charge in [0.15, 0.2) is 0 Å². The molecule has 0 aliphatic carbocycles. The Labute approximate surface area is 121 Å². The molecule has 0 bridgehead atoms. The topological polar surface area (TPSA) is 65.5 Å². The Balaban J connectivity index is 3.11. The van der Waals surface area contributed by atoms with Gasteiger partial charge in [-0.3, -0.25) is 4.79 Å². The molecule has 0 saturated heterocycles. The molecule has 1 aromatic rings. The van der Waals surface area contributed by atoms with E-state index in [4.69, 9.17) is 0 Å². The zero-order valence-electron chi connectivity index (χ0n) is 13.0. The van der Waals surface area contributed by atoms with Crippen LogP contribution in [0.3, 0.4) is 0 Å². The average Bonchev–Trinajstić information content (AvgIpc) is 2.45. The number of nitrogens with one attached hydrogen (secondary N) is 1. The summed E-state index contributed by atoms with van der Waals surface area (Å²) in [6.07, 6.45) is 1.81. The van der Waals surface area contributed by atoms with Crippen molar-refractivity contribution in [3.8, 4) is 0 Å². The van der Waals surface area contributed by atoms with Crippen LogP contribution in [-0.2, 0) is 6.42 Å². The number of rotatable bonds is 6. The summed E-state index contributed by atoms with van der Waals surface area (Å²) in [7, 11) is 3.49. The van der Waals surface area contributed by atoms with E-state index < -0.39 is 5.54 Å². The summed E-state index contributed by atoms with van der Waals surface area (Å²) in [5.74, 6) is 0.579. The van der Waals surface area contributed by atoms with Gasteiger partial charge in [0.1, 0.15) is 5.82 Å². The lowest BCUT2D eigenvalue weighted by Gasteiger charge is -2.34. The van der Waals surface area contributed by atoms with Crippen LogP contribution in [0.1, 0.15) is 43.2 Å². The summed E-state index contributed by atoms with van der Waals surface area (Å²) in [5, 5.41) is 12.4. The number of nitrogens with zero attached hydrogens (tertiary/aromatic N) is 2. The van der Waals surface area contributed by atoms with E-state index in [9.17, 15) is 9.90 Å². The molecule has 5 nitrogen and oxygen atoms in total. The zero-order valence-corrected chi connectivity index (χ0v) is 13.0. The number of aryl methyl sites for hydroxylation is 1. The van der Waals surface area contributed by atoms with E-state index in [1.54, 1.807) is 25.1 Å². The minimum absolute atomic E-state index is 0.0823. The van der Waals surface area contributed by atoms with Crippen LogP contribution in [0.25, 0.3) is 0 Å². The van der Waals surface area contributed by atoms with Crippen molar-refractivity contribution in [3.63, 3.8) is 0 Å². The van der Waals surface area contributed by atoms with Crippen LogP contribution in [0, 0.1) is 0 Å². The molecule has 0 aromatic carbocycles. The highest BCUT2D eigenvalue weighted by atomic mass is 16.3. The number of anilines is 1. The third kappa shape index (κ3) is 3.70. The predicted molar refractivity (Wildman–Crippen MR) is 81.0 cm³/mol. The summed E-state index contributed by atoms with van der Waals surface area (Å²) in [6, 6.07) is 3.57. The molecule has 0 spiro atoms. The maximum atomic E-state index is 12.5. The summed E-state index contributed by atoms with van der Waals surface area (Å²) < 4.78 is 0. The van der Waals surface area contributed by atoms with Crippen molar-refractivity contribution >= 4 is 11.7 Å². The van der Waals surface area contributed by atoms with E-state index in [0.717, 1.165) is 18.5 Å². The molecule has 0 saturated carbocycles. The molecule has 2 N–H and O–H groups in total. The SMILES string of the molecule is CCCc1cc(C(=O)N(C)C(C)(C)CO)cc(NC)n1. The fourth-order valence-electron chi connectivity index (χ4n) is 1.80. The van der Waals surface area contributed by atoms with Crippen molar-refractivity contribution < 1.29 is 9.90 Å². The lowest BCUT2D eigenvalue weighted by molar-refractivity contribution is 0.0473. The van der Waals surface area contributed by atoms with Crippen molar-refractivity contribution in [1.29, 1.82) is 0 Å². The van der Waals surface area contributed by atoms with Crippen LogP contribution in [0.15, 0.2) is 12.1 Å². The first-order valence-electron chi connectivity index (χ1n) is 6.93. The standard InChI is InChI=1S/C15H25N3O2/c1-6-7-12-8-11(9-13(16-4)17-12)14(20)18(5)15(2,3)10-19/h8-9,19H,6-7,10H2,1-5H3,(H,16,17). The second-order valence-electron chi connectivity index (χ2n) is 5.57. The van der Waals surface area contributed by atoms with Gasteiger partial charge in [-0.05, 0) is 32.4 Å². The number of hydrogen-bond donors (Lipinski definition) is 2. The monoisotopic (exact) mass is 279 g/mol. The quantitative estimate of drug-likeness (QED) is 0.835. The maximum absolute atomic E-state index is 12.5. The van der Waals surface area contributed by atoms with Gasteiger partial charge in [-0.15, -0.1) is 0 Å². The molecule has 1 amide bonds. The number of amides is 1. The smallest absolute Gasteiger partial charge is 0.254 e. The molecule has 112 valence electrons. The molecule has 0 atom stereocenters. The summed E-state index contributed by atoms with van der Waals surface area (Å²) in [4.78, 5) is 18.5. The normalized spacial score (nSPS) is 11.3. The number of aromatic nitrogens is 1. The molecule has 0 aliphatic heterocycles. The number of pyridine rings is 1. The first-order chi connectivity index (χ1) is 9.35. The van der Waals surface area contributed by atoms with Crippen molar-refractivity contribution in [2.75, 3.05) is 26.0 Å². The summed E-state index contributed by atoms with van der Waals surface area (Å²) in [6.45, 7) is 5.66. The van der Waals surface area contributed by atoms with Crippen molar-refractivity contribution in [3.05, 3.63) is 23.4 Å². The first-order valence-corrected chi connectivity index (χ1v) is 6.93. The van der Waals surface area contributed by atoms with Crippen LogP contribution in [0.5, 0.6) is 0 Å². The van der Waals surface area contributed by atoms with Gasteiger partial charge in [-0.1, -0.05) is 13.3 Å². The Morgan fingerprint density at radius 1 is 1.45 bits per heavy atom. The molecule has 0 aliphatic rings. The predicted octanol–water partition coefficient (Wildman–Crippen LogP) is 1.92. The number of hydrogen-bond acceptors (Lipinski definition) is 4. The molecular formula is C15H25N3O2. The van der Waals surface area contributed by atoms with Gasteiger partial charge in [0.2, 0.25) is 0 Å². The van der Waals surface area contributed by atoms with Gasteiger partial charge < -0.3 is 15.3 Å².